The van der Waals surface area contributed by atoms with E-state index in [9.17, 15) is 9.59 Å². The van der Waals surface area contributed by atoms with Crippen molar-refractivity contribution < 1.29 is 28.9 Å². The number of fused-ring (bicyclic) bond motifs is 1. The molecule has 7 nitrogen and oxygen atoms in total. The van der Waals surface area contributed by atoms with Crippen LogP contribution in [-0.2, 0) is 29.1 Å². The minimum absolute atomic E-state index is 0.0297. The molecule has 0 saturated heterocycles. The molecule has 1 aliphatic heterocycles. The number of carboxylic acids is 1. The summed E-state index contributed by atoms with van der Waals surface area (Å²) in [5.41, 5.74) is 4.06. The molecule has 1 N–H and O–H groups in total. The van der Waals surface area contributed by atoms with Crippen LogP contribution >= 0.6 is 11.6 Å². The molecule has 1 heterocycles. The van der Waals surface area contributed by atoms with Crippen molar-refractivity contribution in [1.29, 1.82) is 0 Å². The summed E-state index contributed by atoms with van der Waals surface area (Å²) in [6.45, 7) is 4.94. The van der Waals surface area contributed by atoms with Gasteiger partial charge in [0.15, 0.2) is 6.23 Å². The predicted molar refractivity (Wildman–Crippen MR) is 141 cm³/mol. The molecule has 194 valence electrons. The number of hydrogen-bond donors (Lipinski definition) is 1. The lowest BCUT2D eigenvalue weighted by molar-refractivity contribution is -0.136. The number of carboxylic acid groups (broad SMARTS) is 1. The molecule has 1 atom stereocenters. The molecule has 0 fully saturated rings. The van der Waals surface area contributed by atoms with Crippen LogP contribution in [0.15, 0.2) is 60.7 Å². The summed E-state index contributed by atoms with van der Waals surface area (Å²) in [5.74, 6) is 0.517. The fourth-order valence-corrected chi connectivity index (χ4v) is 4.42. The Labute approximate surface area is 221 Å². The zero-order valence-electron chi connectivity index (χ0n) is 20.9. The lowest BCUT2D eigenvalue weighted by Crippen LogP contribution is -2.46. The number of benzene rings is 3. The van der Waals surface area contributed by atoms with Crippen LogP contribution in [-0.4, -0.2) is 34.9 Å². The second kappa shape index (κ2) is 12.0. The number of nitrogens with zero attached hydrogens (tertiary/aromatic N) is 1. The summed E-state index contributed by atoms with van der Waals surface area (Å²) in [7, 11) is 0. The van der Waals surface area contributed by atoms with E-state index in [-0.39, 0.29) is 13.0 Å². The Morgan fingerprint density at radius 1 is 1.08 bits per heavy atom. The summed E-state index contributed by atoms with van der Waals surface area (Å²) < 4.78 is 17.3. The van der Waals surface area contributed by atoms with Gasteiger partial charge in [0.05, 0.1) is 24.6 Å². The van der Waals surface area contributed by atoms with Gasteiger partial charge >= 0.3 is 12.1 Å². The molecule has 1 unspecified atom stereocenters. The molecule has 8 heteroatoms. The van der Waals surface area contributed by atoms with Crippen molar-refractivity contribution in [3.63, 3.8) is 0 Å². The molecule has 0 radical (unpaired) electrons. The van der Waals surface area contributed by atoms with Gasteiger partial charge in [0.25, 0.3) is 0 Å². The van der Waals surface area contributed by atoms with Crippen LogP contribution in [0, 0.1) is 0 Å². The maximum Gasteiger partial charge on any atom is 0.413 e. The molecule has 3 aromatic rings. The number of carbonyl (C=O) groups is 2. The Bertz CT molecular complexity index is 1280. The summed E-state index contributed by atoms with van der Waals surface area (Å²) in [6.07, 6.45) is 0.504. The Balaban J connectivity index is 1.47. The van der Waals surface area contributed by atoms with Crippen LogP contribution in [0.5, 0.6) is 11.5 Å². The van der Waals surface area contributed by atoms with Crippen molar-refractivity contribution in [2.24, 2.45) is 0 Å². The van der Waals surface area contributed by atoms with E-state index in [0.717, 1.165) is 28.7 Å². The van der Waals surface area contributed by atoms with Gasteiger partial charge in [0.2, 0.25) is 0 Å². The van der Waals surface area contributed by atoms with Crippen molar-refractivity contribution in [2.45, 2.75) is 52.5 Å². The minimum atomic E-state index is -0.877. The lowest BCUT2D eigenvalue weighted by Gasteiger charge is -2.36. The summed E-state index contributed by atoms with van der Waals surface area (Å²) in [4.78, 5) is 25.7. The number of aliphatic carboxylic acids is 1. The van der Waals surface area contributed by atoms with E-state index in [1.807, 2.05) is 56.3 Å². The van der Waals surface area contributed by atoms with Crippen molar-refractivity contribution >= 4 is 23.7 Å². The molecule has 3 aromatic carbocycles. The summed E-state index contributed by atoms with van der Waals surface area (Å²) in [5, 5.41) is 9.59. The largest absolute Gasteiger partial charge is 0.494 e. The third kappa shape index (κ3) is 6.54. The molecule has 0 bridgehead atoms. The van der Waals surface area contributed by atoms with Crippen LogP contribution in [0.25, 0.3) is 11.1 Å². The third-order valence-electron chi connectivity index (χ3n) is 6.06. The monoisotopic (exact) mass is 523 g/mol. The fourth-order valence-electron chi connectivity index (χ4n) is 4.19. The van der Waals surface area contributed by atoms with Gasteiger partial charge in [-0.3, -0.25) is 9.69 Å². The predicted octanol–water partition coefficient (Wildman–Crippen LogP) is 6.69. The van der Waals surface area contributed by atoms with Gasteiger partial charge in [-0.05, 0) is 47.4 Å². The summed E-state index contributed by atoms with van der Waals surface area (Å²) in [6, 6.07) is 18.6. The molecular formula is C29H30ClNO6. The molecule has 0 spiro atoms. The molecule has 1 amide bonds. The van der Waals surface area contributed by atoms with Gasteiger partial charge < -0.3 is 19.3 Å². The van der Waals surface area contributed by atoms with Gasteiger partial charge in [-0.25, -0.2) is 4.79 Å². The Kier molecular flexibility index (Phi) is 8.56. The zero-order valence-corrected chi connectivity index (χ0v) is 21.7. The maximum atomic E-state index is 13.1. The zero-order chi connectivity index (χ0) is 26.4. The second-order valence-corrected chi connectivity index (χ2v) is 9.27. The van der Waals surface area contributed by atoms with E-state index in [0.29, 0.717) is 41.7 Å². The number of hydrogen-bond acceptors (Lipinski definition) is 5. The van der Waals surface area contributed by atoms with Gasteiger partial charge in [-0.1, -0.05) is 61.8 Å². The number of carbonyl (C=O) groups excluding carboxylic acids is 1. The smallest absolute Gasteiger partial charge is 0.413 e. The molecule has 1 aliphatic rings. The number of amides is 1. The van der Waals surface area contributed by atoms with E-state index in [1.165, 1.54) is 0 Å². The molecular weight excluding hydrogens is 494 g/mol. The average Bonchev–Trinajstić information content (AvgIpc) is 2.89. The van der Waals surface area contributed by atoms with Crippen LogP contribution in [0.1, 0.15) is 43.4 Å². The molecule has 4 rings (SSSR count). The van der Waals surface area contributed by atoms with Crippen molar-refractivity contribution in [3.8, 4) is 22.6 Å². The topological polar surface area (TPSA) is 85.3 Å². The van der Waals surface area contributed by atoms with Crippen LogP contribution < -0.4 is 9.47 Å². The van der Waals surface area contributed by atoms with Gasteiger partial charge in [0, 0.05) is 17.5 Å². The highest BCUT2D eigenvalue weighted by atomic mass is 35.5. The Morgan fingerprint density at radius 3 is 2.62 bits per heavy atom. The standard InChI is InChI=1S/C29H30ClNO6/c1-3-12-35-24-10-8-22(25(30)16-24)18-36-29(34)31-17-23-15-21(9-11-26(23)37-27(31)4-2)20-7-5-6-19(13-20)14-28(32)33/h5-11,13,15-16,27H,3-4,12,14,17-18H2,1-2H3,(H,32,33). The van der Waals surface area contributed by atoms with Gasteiger partial charge in [-0.2, -0.15) is 0 Å². The van der Waals surface area contributed by atoms with Crippen molar-refractivity contribution in [1.82, 2.24) is 4.90 Å². The van der Waals surface area contributed by atoms with E-state index >= 15 is 0 Å². The van der Waals surface area contributed by atoms with Crippen molar-refractivity contribution in [2.75, 3.05) is 6.61 Å². The SMILES string of the molecule is CCCOc1ccc(COC(=O)N2Cc3cc(-c4cccc(CC(=O)O)c4)ccc3OC2CC)c(Cl)c1. The minimum Gasteiger partial charge on any atom is -0.494 e. The number of ether oxygens (including phenoxy) is 3. The molecule has 0 aromatic heterocycles. The first-order chi connectivity index (χ1) is 17.9. The van der Waals surface area contributed by atoms with E-state index in [1.54, 1.807) is 23.1 Å². The highest BCUT2D eigenvalue weighted by molar-refractivity contribution is 6.31. The number of halogens is 1. The van der Waals surface area contributed by atoms with Gasteiger partial charge in [0.1, 0.15) is 18.1 Å². The first-order valence-electron chi connectivity index (χ1n) is 12.3. The summed E-state index contributed by atoms with van der Waals surface area (Å²) >= 11 is 6.37. The normalized spacial score (nSPS) is 14.5. The van der Waals surface area contributed by atoms with Crippen LogP contribution in [0.3, 0.4) is 0 Å². The second-order valence-electron chi connectivity index (χ2n) is 8.86. The number of rotatable bonds is 9. The van der Waals surface area contributed by atoms with Crippen molar-refractivity contribution in [3.05, 3.63) is 82.4 Å². The average molecular weight is 524 g/mol. The molecule has 0 aliphatic carbocycles. The first kappa shape index (κ1) is 26.4. The fraction of sp³-hybridized carbons (Fsp3) is 0.310. The lowest BCUT2D eigenvalue weighted by atomic mass is 9.99. The molecule has 37 heavy (non-hydrogen) atoms. The van der Waals surface area contributed by atoms with E-state index in [2.05, 4.69) is 0 Å². The molecule has 0 saturated carbocycles. The Hall–Kier alpha value is -3.71. The first-order valence-corrected chi connectivity index (χ1v) is 12.7. The highest BCUT2D eigenvalue weighted by Crippen LogP contribution is 2.34. The van der Waals surface area contributed by atoms with E-state index in [4.69, 9.17) is 30.9 Å². The van der Waals surface area contributed by atoms with Crippen LogP contribution in [0.4, 0.5) is 4.79 Å². The van der Waals surface area contributed by atoms with Crippen LogP contribution in [0.2, 0.25) is 5.02 Å². The van der Waals surface area contributed by atoms with Gasteiger partial charge in [-0.15, -0.1) is 0 Å². The quantitative estimate of drug-likeness (QED) is 0.336. The third-order valence-corrected chi connectivity index (χ3v) is 6.41. The van der Waals surface area contributed by atoms with E-state index < -0.39 is 18.3 Å². The highest BCUT2D eigenvalue weighted by Gasteiger charge is 2.31. The Morgan fingerprint density at radius 2 is 1.89 bits per heavy atom. The maximum absolute atomic E-state index is 13.1.